The van der Waals surface area contributed by atoms with Crippen LogP contribution in [0.1, 0.15) is 0 Å². The number of ether oxygens (including phenoxy) is 1. The van der Waals surface area contributed by atoms with Gasteiger partial charge in [-0.05, 0) is 0 Å². The van der Waals surface area contributed by atoms with E-state index in [0.717, 1.165) is 31.2 Å². The van der Waals surface area contributed by atoms with Crippen molar-refractivity contribution in [2.45, 2.75) is 0 Å². The lowest BCUT2D eigenvalue weighted by Gasteiger charge is -2.00. The molecule has 3 heteroatoms. The van der Waals surface area contributed by atoms with E-state index >= 15 is 0 Å². The third-order valence-electron chi connectivity index (χ3n) is 1.14. The van der Waals surface area contributed by atoms with E-state index in [1.807, 2.05) is 17.8 Å². The van der Waals surface area contributed by atoms with Crippen molar-refractivity contribution in [2.24, 2.45) is 0 Å². The molecule has 0 saturated heterocycles. The summed E-state index contributed by atoms with van der Waals surface area (Å²) in [6, 6.07) is 0. The quantitative estimate of drug-likeness (QED) is 0.441. The van der Waals surface area contributed by atoms with E-state index in [4.69, 9.17) is 4.74 Å². The second kappa shape index (κ2) is 10.0. The lowest BCUT2D eigenvalue weighted by molar-refractivity contribution is 0.218. The van der Waals surface area contributed by atoms with Crippen LogP contribution in [0, 0.1) is 0 Å². The number of thioether (sulfide) groups is 1. The van der Waals surface area contributed by atoms with Crippen molar-refractivity contribution in [3.8, 4) is 0 Å². The molecule has 0 rings (SSSR count). The molecule has 2 nitrogen and oxygen atoms in total. The van der Waals surface area contributed by atoms with Crippen molar-refractivity contribution in [3.05, 3.63) is 12.7 Å². The highest BCUT2D eigenvalue weighted by Gasteiger charge is 1.87. The summed E-state index contributed by atoms with van der Waals surface area (Å²) in [5.74, 6) is 2.24. The minimum Gasteiger partial charge on any atom is -0.384 e. The molecule has 0 heterocycles. The molecule has 0 bridgehead atoms. The Bertz CT molecular complexity index is 88.2. The van der Waals surface area contributed by atoms with Gasteiger partial charge in [0.25, 0.3) is 0 Å². The van der Waals surface area contributed by atoms with Gasteiger partial charge >= 0.3 is 0 Å². The Labute approximate surface area is 73.4 Å². The highest BCUT2D eigenvalue weighted by Crippen LogP contribution is 1.96. The summed E-state index contributed by atoms with van der Waals surface area (Å²) in [6.07, 6.45) is 1.87. The maximum absolute atomic E-state index is 4.91. The zero-order valence-corrected chi connectivity index (χ0v) is 7.95. The summed E-state index contributed by atoms with van der Waals surface area (Å²) in [5, 5.41) is 3.23. The molecule has 0 fully saturated rings. The van der Waals surface area contributed by atoms with Gasteiger partial charge in [0, 0.05) is 31.7 Å². The average Bonchev–Trinajstić information content (AvgIpc) is 2.03. The van der Waals surface area contributed by atoms with Gasteiger partial charge in [0.2, 0.25) is 0 Å². The molecule has 66 valence electrons. The van der Waals surface area contributed by atoms with E-state index in [1.165, 1.54) is 0 Å². The fourth-order valence-electron chi connectivity index (χ4n) is 0.593. The molecule has 0 aliphatic rings. The van der Waals surface area contributed by atoms with Crippen molar-refractivity contribution in [2.75, 3.05) is 38.3 Å². The molecule has 0 atom stereocenters. The maximum Gasteiger partial charge on any atom is 0.0552 e. The number of rotatable bonds is 8. The fourth-order valence-corrected chi connectivity index (χ4v) is 1.37. The van der Waals surface area contributed by atoms with Crippen LogP contribution in [0.15, 0.2) is 12.7 Å². The molecule has 0 radical (unpaired) electrons. The van der Waals surface area contributed by atoms with Crippen LogP contribution in [0.2, 0.25) is 0 Å². The Morgan fingerprint density at radius 2 is 2.36 bits per heavy atom. The minimum atomic E-state index is 0.853. The first-order valence-electron chi connectivity index (χ1n) is 3.80. The van der Waals surface area contributed by atoms with Gasteiger partial charge in [0.15, 0.2) is 0 Å². The lowest BCUT2D eigenvalue weighted by Crippen LogP contribution is -2.16. The molecule has 0 aromatic rings. The van der Waals surface area contributed by atoms with E-state index in [-0.39, 0.29) is 0 Å². The predicted molar refractivity (Wildman–Crippen MR) is 52.3 cm³/mol. The van der Waals surface area contributed by atoms with Gasteiger partial charge in [-0.1, -0.05) is 6.08 Å². The van der Waals surface area contributed by atoms with Crippen molar-refractivity contribution in [1.82, 2.24) is 5.32 Å². The van der Waals surface area contributed by atoms with Crippen LogP contribution in [0.25, 0.3) is 0 Å². The molecule has 0 aromatic heterocycles. The molecule has 0 aromatic carbocycles. The first-order chi connectivity index (χ1) is 5.41. The van der Waals surface area contributed by atoms with Crippen molar-refractivity contribution < 1.29 is 4.74 Å². The minimum absolute atomic E-state index is 0.853. The zero-order valence-electron chi connectivity index (χ0n) is 7.14. The molecular weight excluding hydrogens is 158 g/mol. The van der Waals surface area contributed by atoms with Crippen molar-refractivity contribution in [3.63, 3.8) is 0 Å². The normalized spacial score (nSPS) is 9.91. The van der Waals surface area contributed by atoms with E-state index < -0.39 is 0 Å². The Hall–Kier alpha value is 0.01000. The lowest BCUT2D eigenvalue weighted by atomic mass is 10.6. The molecule has 0 aliphatic carbocycles. The Morgan fingerprint density at radius 3 is 3.00 bits per heavy atom. The summed E-state index contributed by atoms with van der Waals surface area (Å²) >= 11 is 1.91. The SMILES string of the molecule is C=CCNCCSCCOC. The van der Waals surface area contributed by atoms with Gasteiger partial charge in [0.1, 0.15) is 0 Å². The summed E-state index contributed by atoms with van der Waals surface area (Å²) in [4.78, 5) is 0. The van der Waals surface area contributed by atoms with Crippen LogP contribution in [-0.4, -0.2) is 38.3 Å². The molecule has 0 amide bonds. The van der Waals surface area contributed by atoms with Crippen LogP contribution >= 0.6 is 11.8 Å². The third kappa shape index (κ3) is 10.0. The average molecular weight is 175 g/mol. The zero-order chi connectivity index (χ0) is 8.36. The van der Waals surface area contributed by atoms with Gasteiger partial charge in [-0.25, -0.2) is 0 Å². The maximum atomic E-state index is 4.91. The molecule has 0 unspecified atom stereocenters. The highest BCUT2D eigenvalue weighted by atomic mass is 32.2. The summed E-state index contributed by atoms with van der Waals surface area (Å²) in [6.45, 7) is 6.44. The van der Waals surface area contributed by atoms with Gasteiger partial charge in [-0.2, -0.15) is 11.8 Å². The van der Waals surface area contributed by atoms with Crippen molar-refractivity contribution >= 4 is 11.8 Å². The molecule has 0 aliphatic heterocycles. The largest absolute Gasteiger partial charge is 0.384 e. The summed E-state index contributed by atoms with van der Waals surface area (Å²) < 4.78 is 4.91. The summed E-state index contributed by atoms with van der Waals surface area (Å²) in [7, 11) is 1.73. The molecule has 0 spiro atoms. The van der Waals surface area contributed by atoms with E-state index in [2.05, 4.69) is 11.9 Å². The van der Waals surface area contributed by atoms with E-state index in [1.54, 1.807) is 7.11 Å². The third-order valence-corrected chi connectivity index (χ3v) is 2.09. The number of hydrogen-bond acceptors (Lipinski definition) is 3. The molecule has 0 saturated carbocycles. The Balaban J connectivity index is 2.74. The van der Waals surface area contributed by atoms with Gasteiger partial charge in [0.05, 0.1) is 6.61 Å². The number of hydrogen-bond donors (Lipinski definition) is 1. The van der Waals surface area contributed by atoms with Crippen LogP contribution in [0.5, 0.6) is 0 Å². The standard InChI is InChI=1S/C8H17NOS/c1-3-4-9-5-7-11-8-6-10-2/h3,9H,1,4-8H2,2H3. The fraction of sp³-hybridized carbons (Fsp3) is 0.750. The smallest absolute Gasteiger partial charge is 0.0552 e. The summed E-state index contributed by atoms with van der Waals surface area (Å²) in [5.41, 5.74) is 0. The number of methoxy groups -OCH3 is 1. The van der Waals surface area contributed by atoms with Gasteiger partial charge < -0.3 is 10.1 Å². The first-order valence-corrected chi connectivity index (χ1v) is 4.95. The monoisotopic (exact) mass is 175 g/mol. The van der Waals surface area contributed by atoms with E-state index in [9.17, 15) is 0 Å². The van der Waals surface area contributed by atoms with Gasteiger partial charge in [-0.15, -0.1) is 6.58 Å². The van der Waals surface area contributed by atoms with Crippen LogP contribution in [0.3, 0.4) is 0 Å². The van der Waals surface area contributed by atoms with Crippen LogP contribution < -0.4 is 5.32 Å². The Kier molecular flexibility index (Phi) is 10.0. The van der Waals surface area contributed by atoms with E-state index in [0.29, 0.717) is 0 Å². The van der Waals surface area contributed by atoms with Crippen LogP contribution in [-0.2, 0) is 4.74 Å². The Morgan fingerprint density at radius 1 is 1.55 bits per heavy atom. The van der Waals surface area contributed by atoms with Crippen molar-refractivity contribution in [1.29, 1.82) is 0 Å². The second-order valence-electron chi connectivity index (χ2n) is 2.10. The first kappa shape index (κ1) is 11.0. The molecular formula is C8H17NOS. The highest BCUT2D eigenvalue weighted by molar-refractivity contribution is 7.99. The topological polar surface area (TPSA) is 21.3 Å². The van der Waals surface area contributed by atoms with Gasteiger partial charge in [-0.3, -0.25) is 0 Å². The predicted octanol–water partition coefficient (Wildman–Crippen LogP) is 1.14. The second-order valence-corrected chi connectivity index (χ2v) is 3.32. The molecule has 11 heavy (non-hydrogen) atoms. The molecule has 1 N–H and O–H groups in total. The number of nitrogens with one attached hydrogen (secondary N) is 1. The van der Waals surface area contributed by atoms with Crippen LogP contribution in [0.4, 0.5) is 0 Å².